The van der Waals surface area contributed by atoms with E-state index in [2.05, 4.69) is 16.5 Å². The van der Waals surface area contributed by atoms with Crippen molar-refractivity contribution in [1.82, 2.24) is 4.90 Å². The van der Waals surface area contributed by atoms with E-state index in [1.807, 2.05) is 0 Å². The average Bonchev–Trinajstić information content (AvgIpc) is 2.56. The van der Waals surface area contributed by atoms with Crippen molar-refractivity contribution in [1.29, 1.82) is 0 Å². The minimum atomic E-state index is -2.70. The van der Waals surface area contributed by atoms with Gasteiger partial charge in [0.25, 0.3) is 0 Å². The summed E-state index contributed by atoms with van der Waals surface area (Å²) in [6.07, 6.45) is 3.67. The SMILES string of the molecule is O=S1(=O)CCC(N2C=CSC2)CC1. The van der Waals surface area contributed by atoms with Gasteiger partial charge in [-0.15, -0.1) is 11.8 Å². The summed E-state index contributed by atoms with van der Waals surface area (Å²) in [6, 6.07) is 0.453. The second-order valence-corrected chi connectivity index (χ2v) is 6.65. The second kappa shape index (κ2) is 3.53. The molecule has 1 fully saturated rings. The van der Waals surface area contributed by atoms with E-state index in [0.29, 0.717) is 17.5 Å². The minimum absolute atomic E-state index is 0.368. The number of rotatable bonds is 1. The Hall–Kier alpha value is -0.160. The molecule has 0 radical (unpaired) electrons. The Kier molecular flexibility index (Phi) is 2.55. The lowest BCUT2D eigenvalue weighted by Crippen LogP contribution is -2.37. The van der Waals surface area contributed by atoms with E-state index in [0.717, 1.165) is 18.7 Å². The van der Waals surface area contributed by atoms with E-state index in [4.69, 9.17) is 0 Å². The van der Waals surface area contributed by atoms with E-state index in [9.17, 15) is 8.42 Å². The molecule has 74 valence electrons. The van der Waals surface area contributed by atoms with Gasteiger partial charge >= 0.3 is 0 Å². The van der Waals surface area contributed by atoms with E-state index in [-0.39, 0.29) is 0 Å². The van der Waals surface area contributed by atoms with Crippen molar-refractivity contribution in [2.24, 2.45) is 0 Å². The molecule has 0 aromatic carbocycles. The molecule has 2 heterocycles. The summed E-state index contributed by atoms with van der Waals surface area (Å²) in [6.45, 7) is 0. The van der Waals surface area contributed by atoms with Gasteiger partial charge in [0.15, 0.2) is 0 Å². The van der Waals surface area contributed by atoms with Crippen LogP contribution in [0.1, 0.15) is 12.8 Å². The molecule has 0 spiro atoms. The van der Waals surface area contributed by atoms with Crippen LogP contribution in [0.25, 0.3) is 0 Å². The van der Waals surface area contributed by atoms with Crippen LogP contribution in [0.3, 0.4) is 0 Å². The molecule has 1 saturated heterocycles. The fraction of sp³-hybridized carbons (Fsp3) is 0.750. The van der Waals surface area contributed by atoms with Crippen LogP contribution in [0.4, 0.5) is 0 Å². The molecule has 0 saturated carbocycles. The number of thioether (sulfide) groups is 1. The molecular weight excluding hydrogens is 206 g/mol. The topological polar surface area (TPSA) is 37.4 Å². The van der Waals surface area contributed by atoms with Gasteiger partial charge in [0, 0.05) is 12.2 Å². The molecule has 3 nitrogen and oxygen atoms in total. The molecule has 2 rings (SSSR count). The molecule has 5 heteroatoms. The van der Waals surface area contributed by atoms with E-state index in [1.165, 1.54) is 0 Å². The molecular formula is C8H13NO2S2. The predicted octanol–water partition coefficient (Wildman–Crippen LogP) is 1.04. The van der Waals surface area contributed by atoms with Crippen LogP contribution in [-0.4, -0.2) is 36.7 Å². The average molecular weight is 219 g/mol. The number of sulfone groups is 1. The molecule has 0 amide bonds. The summed E-state index contributed by atoms with van der Waals surface area (Å²) in [7, 11) is -2.70. The van der Waals surface area contributed by atoms with Gasteiger partial charge in [-0.25, -0.2) is 8.42 Å². The third-order valence-corrected chi connectivity index (χ3v) is 5.04. The van der Waals surface area contributed by atoms with Crippen LogP contribution in [-0.2, 0) is 9.84 Å². The van der Waals surface area contributed by atoms with Crippen molar-refractivity contribution in [2.45, 2.75) is 18.9 Å². The van der Waals surface area contributed by atoms with Gasteiger partial charge in [0.1, 0.15) is 9.84 Å². The molecule has 0 atom stereocenters. The van der Waals surface area contributed by atoms with Gasteiger partial charge in [-0.05, 0) is 18.2 Å². The van der Waals surface area contributed by atoms with Crippen molar-refractivity contribution in [3.8, 4) is 0 Å². The van der Waals surface area contributed by atoms with Gasteiger partial charge < -0.3 is 4.90 Å². The quantitative estimate of drug-likeness (QED) is 0.660. The first-order valence-corrected chi connectivity index (χ1v) is 7.29. The van der Waals surface area contributed by atoms with Crippen LogP contribution < -0.4 is 0 Å². The second-order valence-electron chi connectivity index (χ2n) is 3.48. The number of nitrogens with zero attached hydrogens (tertiary/aromatic N) is 1. The Labute approximate surface area is 83.1 Å². The summed E-state index contributed by atoms with van der Waals surface area (Å²) in [4.78, 5) is 2.25. The summed E-state index contributed by atoms with van der Waals surface area (Å²) in [5.41, 5.74) is 0. The highest BCUT2D eigenvalue weighted by atomic mass is 32.2. The maximum absolute atomic E-state index is 11.2. The lowest BCUT2D eigenvalue weighted by molar-refractivity contribution is 0.300. The van der Waals surface area contributed by atoms with Crippen LogP contribution >= 0.6 is 11.8 Å². The van der Waals surface area contributed by atoms with Crippen molar-refractivity contribution >= 4 is 21.6 Å². The van der Waals surface area contributed by atoms with Gasteiger partial charge in [-0.3, -0.25) is 0 Å². The third-order valence-electron chi connectivity index (χ3n) is 2.57. The Morgan fingerprint density at radius 3 is 2.54 bits per heavy atom. The standard InChI is InChI=1S/C8H13NO2S2/c10-13(11)5-1-8(2-6-13)9-3-4-12-7-9/h3-4,8H,1-2,5-7H2. The Bertz CT molecular complexity index is 296. The first kappa shape index (κ1) is 9.40. The first-order valence-electron chi connectivity index (χ1n) is 4.42. The zero-order valence-corrected chi connectivity index (χ0v) is 8.98. The minimum Gasteiger partial charge on any atom is -0.364 e. The van der Waals surface area contributed by atoms with Crippen LogP contribution in [0, 0.1) is 0 Å². The van der Waals surface area contributed by atoms with Gasteiger partial charge in [-0.2, -0.15) is 0 Å². The summed E-state index contributed by atoms with van der Waals surface area (Å²) >= 11 is 1.77. The number of hydrogen-bond donors (Lipinski definition) is 0. The highest BCUT2D eigenvalue weighted by molar-refractivity contribution is 8.02. The molecule has 2 aliphatic heterocycles. The van der Waals surface area contributed by atoms with Gasteiger partial charge in [-0.1, -0.05) is 0 Å². The van der Waals surface area contributed by atoms with Crippen molar-refractivity contribution in [2.75, 3.05) is 17.4 Å². The lowest BCUT2D eigenvalue weighted by atomic mass is 10.1. The highest BCUT2D eigenvalue weighted by Crippen LogP contribution is 2.24. The molecule has 0 aromatic rings. The van der Waals surface area contributed by atoms with Crippen LogP contribution in [0.5, 0.6) is 0 Å². The van der Waals surface area contributed by atoms with Crippen molar-refractivity contribution < 1.29 is 8.42 Å². The molecule has 13 heavy (non-hydrogen) atoms. The molecule has 0 unspecified atom stereocenters. The van der Waals surface area contributed by atoms with Gasteiger partial charge in [0.2, 0.25) is 0 Å². The third kappa shape index (κ3) is 2.20. The zero-order chi connectivity index (χ0) is 9.31. The Morgan fingerprint density at radius 1 is 1.31 bits per heavy atom. The van der Waals surface area contributed by atoms with Crippen molar-refractivity contribution in [3.05, 3.63) is 11.6 Å². The smallest absolute Gasteiger partial charge is 0.150 e. The van der Waals surface area contributed by atoms with E-state index >= 15 is 0 Å². The summed E-state index contributed by atoms with van der Waals surface area (Å²) in [5, 5.41) is 2.07. The molecule has 0 bridgehead atoms. The fourth-order valence-electron chi connectivity index (χ4n) is 1.73. The van der Waals surface area contributed by atoms with Crippen LogP contribution in [0.2, 0.25) is 0 Å². The zero-order valence-electron chi connectivity index (χ0n) is 7.35. The Morgan fingerprint density at radius 2 is 2.00 bits per heavy atom. The normalized spacial score (nSPS) is 28.2. The van der Waals surface area contributed by atoms with Crippen molar-refractivity contribution in [3.63, 3.8) is 0 Å². The highest BCUT2D eigenvalue weighted by Gasteiger charge is 2.27. The van der Waals surface area contributed by atoms with E-state index < -0.39 is 9.84 Å². The van der Waals surface area contributed by atoms with Gasteiger partial charge in [0.05, 0.1) is 17.4 Å². The molecule has 0 aromatic heterocycles. The first-order chi connectivity index (χ1) is 6.17. The monoisotopic (exact) mass is 219 g/mol. The largest absolute Gasteiger partial charge is 0.364 e. The Balaban J connectivity index is 1.94. The summed E-state index contributed by atoms with van der Waals surface area (Å²) in [5.74, 6) is 1.73. The maximum atomic E-state index is 11.2. The molecule has 0 N–H and O–H groups in total. The summed E-state index contributed by atoms with van der Waals surface area (Å²) < 4.78 is 22.3. The lowest BCUT2D eigenvalue weighted by Gasteiger charge is -2.30. The maximum Gasteiger partial charge on any atom is 0.150 e. The number of hydrogen-bond acceptors (Lipinski definition) is 4. The molecule has 0 aliphatic carbocycles. The predicted molar refractivity (Wildman–Crippen MR) is 55.1 cm³/mol. The fourth-order valence-corrected chi connectivity index (χ4v) is 3.99. The molecule has 2 aliphatic rings. The van der Waals surface area contributed by atoms with E-state index in [1.54, 1.807) is 11.8 Å². The van der Waals surface area contributed by atoms with Crippen LogP contribution in [0.15, 0.2) is 11.6 Å².